The van der Waals surface area contributed by atoms with Gasteiger partial charge in [-0.25, -0.2) is 0 Å². The van der Waals surface area contributed by atoms with Gasteiger partial charge in [-0.05, 0) is 26.0 Å². The molecule has 7 nitrogen and oxygen atoms in total. The third kappa shape index (κ3) is 2.99. The number of pyridine rings is 1. The number of ether oxygens (including phenoxy) is 1. The fraction of sp³-hybridized carbons (Fsp3) is 0.591. The number of carbonyl (C=O) groups excluding carboxylic acids is 2. The topological polar surface area (TPSA) is 66.0 Å². The Bertz CT molecular complexity index is 834. The van der Waals surface area contributed by atoms with E-state index >= 15 is 0 Å². The highest BCUT2D eigenvalue weighted by Gasteiger charge is 2.67. The minimum atomic E-state index is -0.604. The standard InChI is InChI=1S/C22H28N4O3/c1-15(2)26-14-22-7-6-17(29-22)18(19(22)21(26)28)20(27)25-11-9-24(10-12-25)13-16-5-3-4-8-23-16/h3-8,15,17-19H,9-14H2,1-2H3/t17-,18-,19+,22-/m1/s1. The number of hydrogen-bond donors (Lipinski definition) is 0. The number of aromatic nitrogens is 1. The van der Waals surface area contributed by atoms with E-state index in [1.165, 1.54) is 0 Å². The van der Waals surface area contributed by atoms with Gasteiger partial charge >= 0.3 is 0 Å². The first-order valence-corrected chi connectivity index (χ1v) is 10.6. The summed E-state index contributed by atoms with van der Waals surface area (Å²) in [6.45, 7) is 8.39. The summed E-state index contributed by atoms with van der Waals surface area (Å²) >= 11 is 0. The average Bonchev–Trinajstić information content (AvgIpc) is 3.37. The molecule has 5 heterocycles. The van der Waals surface area contributed by atoms with Crippen molar-refractivity contribution in [3.05, 3.63) is 42.2 Å². The molecule has 0 saturated carbocycles. The van der Waals surface area contributed by atoms with Gasteiger partial charge in [0.15, 0.2) is 0 Å². The van der Waals surface area contributed by atoms with Crippen molar-refractivity contribution in [2.75, 3.05) is 32.7 Å². The van der Waals surface area contributed by atoms with Crippen molar-refractivity contribution in [2.45, 2.75) is 38.1 Å². The number of carbonyl (C=O) groups is 2. The smallest absolute Gasteiger partial charge is 0.230 e. The maximum absolute atomic E-state index is 13.4. The van der Waals surface area contributed by atoms with Crippen LogP contribution in [0, 0.1) is 11.8 Å². The predicted octanol–water partition coefficient (Wildman–Crippen LogP) is 0.916. The number of likely N-dealkylation sites (tertiary alicyclic amines) is 1. The van der Waals surface area contributed by atoms with E-state index in [2.05, 4.69) is 9.88 Å². The molecule has 1 spiro atoms. The molecule has 29 heavy (non-hydrogen) atoms. The molecule has 7 heteroatoms. The second-order valence-corrected chi connectivity index (χ2v) is 8.88. The van der Waals surface area contributed by atoms with Gasteiger partial charge in [0.25, 0.3) is 0 Å². The lowest BCUT2D eigenvalue weighted by molar-refractivity contribution is -0.145. The minimum absolute atomic E-state index is 0.0685. The van der Waals surface area contributed by atoms with Gasteiger partial charge in [-0.3, -0.25) is 19.5 Å². The first kappa shape index (κ1) is 18.8. The summed E-state index contributed by atoms with van der Waals surface area (Å²) in [6.07, 6.45) is 5.56. The second kappa shape index (κ2) is 6.92. The maximum Gasteiger partial charge on any atom is 0.230 e. The fourth-order valence-corrected chi connectivity index (χ4v) is 5.31. The Labute approximate surface area is 171 Å². The van der Waals surface area contributed by atoms with E-state index in [9.17, 15) is 9.59 Å². The van der Waals surface area contributed by atoms with E-state index in [1.807, 2.05) is 60.2 Å². The fourth-order valence-electron chi connectivity index (χ4n) is 5.31. The molecule has 3 fully saturated rings. The zero-order valence-electron chi connectivity index (χ0n) is 17.0. The van der Waals surface area contributed by atoms with Gasteiger partial charge in [0.2, 0.25) is 11.8 Å². The largest absolute Gasteiger partial charge is 0.360 e. The van der Waals surface area contributed by atoms with Crippen LogP contribution in [0.5, 0.6) is 0 Å². The molecule has 4 aliphatic heterocycles. The van der Waals surface area contributed by atoms with Gasteiger partial charge in [-0.2, -0.15) is 0 Å². The average molecular weight is 396 g/mol. The number of fused-ring (bicyclic) bond motifs is 1. The Hall–Kier alpha value is -2.25. The molecule has 1 aromatic rings. The molecule has 0 aromatic carbocycles. The molecular formula is C22H28N4O3. The molecule has 3 saturated heterocycles. The van der Waals surface area contributed by atoms with Crippen LogP contribution in [0.15, 0.2) is 36.5 Å². The molecule has 0 N–H and O–H groups in total. The normalized spacial score (nSPS) is 33.8. The molecule has 4 aliphatic rings. The number of hydrogen-bond acceptors (Lipinski definition) is 5. The third-order valence-electron chi connectivity index (χ3n) is 6.83. The Morgan fingerprint density at radius 1 is 1.28 bits per heavy atom. The Balaban J connectivity index is 1.26. The SMILES string of the molecule is CC(C)N1C[C@@]23C=C[C@@H](O2)[C@@H](C(=O)N2CCN(Cc4ccccn4)CC2)[C@H]3C1=O. The highest BCUT2D eigenvalue weighted by Crippen LogP contribution is 2.52. The number of piperazine rings is 1. The van der Waals surface area contributed by atoms with Gasteiger partial charge in [0.05, 0.1) is 30.2 Å². The number of amides is 2. The van der Waals surface area contributed by atoms with Crippen molar-refractivity contribution >= 4 is 11.8 Å². The lowest BCUT2D eigenvalue weighted by Gasteiger charge is -2.37. The zero-order valence-corrected chi connectivity index (χ0v) is 17.0. The summed E-state index contributed by atoms with van der Waals surface area (Å²) in [4.78, 5) is 37.0. The van der Waals surface area contributed by atoms with Gasteiger partial charge in [0.1, 0.15) is 5.60 Å². The summed E-state index contributed by atoms with van der Waals surface area (Å²) in [7, 11) is 0. The minimum Gasteiger partial charge on any atom is -0.360 e. The van der Waals surface area contributed by atoms with Crippen LogP contribution in [0.2, 0.25) is 0 Å². The lowest BCUT2D eigenvalue weighted by atomic mass is 9.76. The van der Waals surface area contributed by atoms with Gasteiger partial charge in [-0.1, -0.05) is 18.2 Å². The van der Waals surface area contributed by atoms with E-state index < -0.39 is 11.5 Å². The molecule has 1 aromatic heterocycles. The highest BCUT2D eigenvalue weighted by atomic mass is 16.5. The van der Waals surface area contributed by atoms with Gasteiger partial charge < -0.3 is 14.5 Å². The number of rotatable bonds is 4. The summed E-state index contributed by atoms with van der Waals surface area (Å²) in [5.41, 5.74) is 0.443. The first-order valence-electron chi connectivity index (χ1n) is 10.6. The van der Waals surface area contributed by atoms with Crippen LogP contribution in [-0.2, 0) is 20.9 Å². The van der Waals surface area contributed by atoms with Crippen molar-refractivity contribution < 1.29 is 14.3 Å². The van der Waals surface area contributed by atoms with Gasteiger partial charge in [-0.15, -0.1) is 0 Å². The Morgan fingerprint density at radius 3 is 2.76 bits per heavy atom. The quantitative estimate of drug-likeness (QED) is 0.708. The predicted molar refractivity (Wildman–Crippen MR) is 107 cm³/mol. The van der Waals surface area contributed by atoms with E-state index in [0.29, 0.717) is 19.6 Å². The molecule has 2 amide bonds. The van der Waals surface area contributed by atoms with Crippen molar-refractivity contribution in [1.82, 2.24) is 19.7 Å². The van der Waals surface area contributed by atoms with Crippen LogP contribution < -0.4 is 0 Å². The third-order valence-corrected chi connectivity index (χ3v) is 6.83. The molecule has 154 valence electrons. The molecule has 4 atom stereocenters. The van der Waals surface area contributed by atoms with Crippen LogP contribution in [0.4, 0.5) is 0 Å². The summed E-state index contributed by atoms with van der Waals surface area (Å²) in [6, 6.07) is 6.06. The Kier molecular flexibility index (Phi) is 4.47. The maximum atomic E-state index is 13.4. The highest BCUT2D eigenvalue weighted by molar-refractivity contribution is 5.93. The summed E-state index contributed by atoms with van der Waals surface area (Å²) < 4.78 is 6.22. The molecule has 0 radical (unpaired) electrons. The molecule has 5 rings (SSSR count). The van der Waals surface area contributed by atoms with Crippen LogP contribution >= 0.6 is 0 Å². The van der Waals surface area contributed by atoms with Crippen molar-refractivity contribution in [3.8, 4) is 0 Å². The van der Waals surface area contributed by atoms with Crippen molar-refractivity contribution in [2.24, 2.45) is 11.8 Å². The molecular weight excluding hydrogens is 368 g/mol. The molecule has 0 unspecified atom stereocenters. The van der Waals surface area contributed by atoms with Crippen molar-refractivity contribution in [3.63, 3.8) is 0 Å². The first-order chi connectivity index (χ1) is 14.0. The van der Waals surface area contributed by atoms with Crippen LogP contribution in [-0.4, -0.2) is 82.0 Å². The van der Waals surface area contributed by atoms with Gasteiger partial charge in [0, 0.05) is 45.0 Å². The number of nitrogens with zero attached hydrogens (tertiary/aromatic N) is 4. The molecule has 0 aliphatic carbocycles. The lowest BCUT2D eigenvalue weighted by Crippen LogP contribution is -2.53. The summed E-state index contributed by atoms with van der Waals surface area (Å²) in [5.74, 6) is -0.626. The summed E-state index contributed by atoms with van der Waals surface area (Å²) in [5, 5.41) is 0. The van der Waals surface area contributed by atoms with E-state index in [0.717, 1.165) is 25.3 Å². The van der Waals surface area contributed by atoms with Crippen LogP contribution in [0.25, 0.3) is 0 Å². The monoisotopic (exact) mass is 396 g/mol. The van der Waals surface area contributed by atoms with Crippen LogP contribution in [0.1, 0.15) is 19.5 Å². The Morgan fingerprint density at radius 2 is 2.07 bits per heavy atom. The molecule has 2 bridgehead atoms. The van der Waals surface area contributed by atoms with Crippen LogP contribution in [0.3, 0.4) is 0 Å². The van der Waals surface area contributed by atoms with Crippen molar-refractivity contribution in [1.29, 1.82) is 0 Å². The van der Waals surface area contributed by atoms with E-state index in [4.69, 9.17) is 4.74 Å². The van der Waals surface area contributed by atoms with E-state index in [-0.39, 0.29) is 29.9 Å². The zero-order chi connectivity index (χ0) is 20.2. The second-order valence-electron chi connectivity index (χ2n) is 8.88. The van der Waals surface area contributed by atoms with E-state index in [1.54, 1.807) is 0 Å².